The van der Waals surface area contributed by atoms with Gasteiger partial charge in [-0.15, -0.1) is 0 Å². The standard InChI is InChI=1S/C15H13BrN2/c1-10-5-3-7-12(9-10)15-17-14(16)13-8-4-6-11(2)18(13)15/h3-9H,1-2H3. The Labute approximate surface area is 114 Å². The number of halogens is 1. The van der Waals surface area contributed by atoms with Gasteiger partial charge in [-0.25, -0.2) is 4.98 Å². The fourth-order valence-corrected chi connectivity index (χ4v) is 2.72. The maximum Gasteiger partial charge on any atom is 0.146 e. The van der Waals surface area contributed by atoms with Crippen molar-refractivity contribution in [3.05, 3.63) is 58.3 Å². The van der Waals surface area contributed by atoms with Gasteiger partial charge >= 0.3 is 0 Å². The second-order valence-corrected chi connectivity index (χ2v) is 5.23. The number of imidazole rings is 1. The zero-order valence-corrected chi connectivity index (χ0v) is 11.9. The summed E-state index contributed by atoms with van der Waals surface area (Å²) in [6.07, 6.45) is 0. The normalized spacial score (nSPS) is 11.1. The Morgan fingerprint density at radius 3 is 2.61 bits per heavy atom. The zero-order chi connectivity index (χ0) is 12.7. The van der Waals surface area contributed by atoms with Crippen molar-refractivity contribution in [1.82, 2.24) is 9.38 Å². The van der Waals surface area contributed by atoms with Crippen molar-refractivity contribution in [3.8, 4) is 11.4 Å². The van der Waals surface area contributed by atoms with Crippen LogP contribution in [0.3, 0.4) is 0 Å². The minimum absolute atomic E-state index is 0.891. The third-order valence-corrected chi connectivity index (χ3v) is 3.67. The summed E-state index contributed by atoms with van der Waals surface area (Å²) in [5, 5.41) is 0. The molecule has 0 fully saturated rings. The van der Waals surface area contributed by atoms with Gasteiger partial charge in [0, 0.05) is 11.3 Å². The van der Waals surface area contributed by atoms with E-state index in [1.165, 1.54) is 11.3 Å². The molecule has 0 radical (unpaired) electrons. The van der Waals surface area contributed by atoms with E-state index in [4.69, 9.17) is 0 Å². The molecule has 18 heavy (non-hydrogen) atoms. The average Bonchev–Trinajstić information content (AvgIpc) is 2.69. The Bertz CT molecular complexity index is 728. The van der Waals surface area contributed by atoms with Crippen LogP contribution in [-0.4, -0.2) is 9.38 Å². The predicted molar refractivity (Wildman–Crippen MR) is 77.8 cm³/mol. The summed E-state index contributed by atoms with van der Waals surface area (Å²) in [5.74, 6) is 0.985. The Balaban J connectivity index is 2.36. The van der Waals surface area contributed by atoms with Gasteiger partial charge in [0.2, 0.25) is 0 Å². The number of aromatic nitrogens is 2. The summed E-state index contributed by atoms with van der Waals surface area (Å²) in [4.78, 5) is 4.64. The molecule has 3 rings (SSSR count). The van der Waals surface area contributed by atoms with Gasteiger partial charge in [-0.3, -0.25) is 4.40 Å². The van der Waals surface area contributed by atoms with Gasteiger partial charge < -0.3 is 0 Å². The van der Waals surface area contributed by atoms with Gasteiger partial charge in [0.15, 0.2) is 0 Å². The molecule has 0 atom stereocenters. The minimum Gasteiger partial charge on any atom is -0.296 e. The van der Waals surface area contributed by atoms with E-state index in [1.807, 2.05) is 0 Å². The molecule has 0 aliphatic rings. The molecule has 2 nitrogen and oxygen atoms in total. The Hall–Kier alpha value is -1.61. The van der Waals surface area contributed by atoms with Crippen molar-refractivity contribution in [2.45, 2.75) is 13.8 Å². The van der Waals surface area contributed by atoms with E-state index in [0.29, 0.717) is 0 Å². The molecule has 0 aliphatic heterocycles. The number of benzene rings is 1. The van der Waals surface area contributed by atoms with E-state index in [0.717, 1.165) is 21.5 Å². The molecule has 0 bridgehead atoms. The molecule has 0 saturated carbocycles. The summed E-state index contributed by atoms with van der Waals surface area (Å²) in [5.41, 5.74) is 4.67. The molecule has 0 unspecified atom stereocenters. The Morgan fingerprint density at radius 1 is 1.06 bits per heavy atom. The molecule has 3 heteroatoms. The number of pyridine rings is 1. The van der Waals surface area contributed by atoms with E-state index in [1.54, 1.807) is 0 Å². The fraction of sp³-hybridized carbons (Fsp3) is 0.133. The first-order chi connectivity index (χ1) is 8.66. The smallest absolute Gasteiger partial charge is 0.146 e. The van der Waals surface area contributed by atoms with Crippen LogP contribution in [0.1, 0.15) is 11.3 Å². The van der Waals surface area contributed by atoms with E-state index in [9.17, 15) is 0 Å². The third-order valence-electron chi connectivity index (χ3n) is 3.09. The molecule has 3 aromatic rings. The van der Waals surface area contributed by atoms with E-state index < -0.39 is 0 Å². The second-order valence-electron chi connectivity index (χ2n) is 4.48. The molecule has 2 heterocycles. The van der Waals surface area contributed by atoms with Crippen LogP contribution in [0.25, 0.3) is 16.9 Å². The summed E-state index contributed by atoms with van der Waals surface area (Å²) in [6.45, 7) is 4.20. The molecule has 2 aromatic heterocycles. The minimum atomic E-state index is 0.891. The monoisotopic (exact) mass is 300 g/mol. The highest BCUT2D eigenvalue weighted by Crippen LogP contribution is 2.27. The van der Waals surface area contributed by atoms with Crippen LogP contribution in [0.4, 0.5) is 0 Å². The summed E-state index contributed by atoms with van der Waals surface area (Å²) in [7, 11) is 0. The first-order valence-corrected chi connectivity index (χ1v) is 6.67. The van der Waals surface area contributed by atoms with Crippen LogP contribution in [-0.2, 0) is 0 Å². The van der Waals surface area contributed by atoms with Crippen molar-refractivity contribution in [2.24, 2.45) is 0 Å². The molecule has 0 N–H and O–H groups in total. The molecule has 0 spiro atoms. The highest BCUT2D eigenvalue weighted by Gasteiger charge is 2.12. The second kappa shape index (κ2) is 4.25. The fourth-order valence-electron chi connectivity index (χ4n) is 2.24. The summed E-state index contributed by atoms with van der Waals surface area (Å²) >= 11 is 3.54. The lowest BCUT2D eigenvalue weighted by Gasteiger charge is -2.05. The Morgan fingerprint density at radius 2 is 1.83 bits per heavy atom. The van der Waals surface area contributed by atoms with Crippen molar-refractivity contribution < 1.29 is 0 Å². The molecule has 0 aliphatic carbocycles. The first kappa shape index (κ1) is 11.5. The van der Waals surface area contributed by atoms with Crippen LogP contribution < -0.4 is 0 Å². The molecule has 90 valence electrons. The van der Waals surface area contributed by atoms with Crippen LogP contribution in [0.2, 0.25) is 0 Å². The number of hydrogen-bond donors (Lipinski definition) is 0. The summed E-state index contributed by atoms with van der Waals surface area (Å²) < 4.78 is 3.07. The lowest BCUT2D eigenvalue weighted by molar-refractivity contribution is 1.08. The van der Waals surface area contributed by atoms with Crippen LogP contribution in [0.15, 0.2) is 47.1 Å². The van der Waals surface area contributed by atoms with Crippen LogP contribution >= 0.6 is 15.9 Å². The van der Waals surface area contributed by atoms with E-state index in [-0.39, 0.29) is 0 Å². The highest BCUT2D eigenvalue weighted by atomic mass is 79.9. The van der Waals surface area contributed by atoms with Gasteiger partial charge in [0.1, 0.15) is 10.4 Å². The lowest BCUT2D eigenvalue weighted by atomic mass is 10.1. The van der Waals surface area contributed by atoms with Gasteiger partial charge in [0.25, 0.3) is 0 Å². The van der Waals surface area contributed by atoms with Crippen LogP contribution in [0.5, 0.6) is 0 Å². The molecule has 0 saturated heterocycles. The SMILES string of the molecule is Cc1cccc(-c2nc(Br)c3cccc(C)n23)c1. The topological polar surface area (TPSA) is 17.3 Å². The predicted octanol–water partition coefficient (Wildman–Crippen LogP) is 4.38. The number of fused-ring (bicyclic) bond motifs is 1. The van der Waals surface area contributed by atoms with Crippen molar-refractivity contribution in [2.75, 3.05) is 0 Å². The zero-order valence-electron chi connectivity index (χ0n) is 10.3. The quantitative estimate of drug-likeness (QED) is 0.652. The summed E-state index contributed by atoms with van der Waals surface area (Å²) in [6, 6.07) is 14.6. The van der Waals surface area contributed by atoms with Gasteiger partial charge in [0.05, 0.1) is 5.52 Å². The van der Waals surface area contributed by atoms with Crippen molar-refractivity contribution in [3.63, 3.8) is 0 Å². The first-order valence-electron chi connectivity index (χ1n) is 5.87. The number of nitrogens with zero attached hydrogens (tertiary/aromatic N) is 2. The lowest BCUT2D eigenvalue weighted by Crippen LogP contribution is -1.93. The number of aryl methyl sites for hydroxylation is 2. The van der Waals surface area contributed by atoms with Crippen molar-refractivity contribution in [1.29, 1.82) is 0 Å². The molecular weight excluding hydrogens is 288 g/mol. The third kappa shape index (κ3) is 1.75. The number of rotatable bonds is 1. The highest BCUT2D eigenvalue weighted by molar-refractivity contribution is 9.10. The maximum absolute atomic E-state index is 4.64. The van der Waals surface area contributed by atoms with Gasteiger partial charge in [-0.05, 0) is 48.0 Å². The maximum atomic E-state index is 4.64. The van der Waals surface area contributed by atoms with Crippen molar-refractivity contribution >= 4 is 21.4 Å². The average molecular weight is 301 g/mol. The van der Waals surface area contributed by atoms with Gasteiger partial charge in [-0.2, -0.15) is 0 Å². The number of hydrogen-bond acceptors (Lipinski definition) is 1. The van der Waals surface area contributed by atoms with E-state index >= 15 is 0 Å². The molecular formula is C15H13BrN2. The molecule has 1 aromatic carbocycles. The van der Waals surface area contributed by atoms with Crippen LogP contribution in [0, 0.1) is 13.8 Å². The van der Waals surface area contributed by atoms with Gasteiger partial charge in [-0.1, -0.05) is 29.8 Å². The van der Waals surface area contributed by atoms with E-state index in [2.05, 4.69) is 81.6 Å². The molecule has 0 amide bonds. The Kier molecular flexibility index (Phi) is 2.71. The largest absolute Gasteiger partial charge is 0.296 e.